The summed E-state index contributed by atoms with van der Waals surface area (Å²) < 4.78 is 0. The maximum atomic E-state index is 2.35. The van der Waals surface area contributed by atoms with E-state index in [2.05, 4.69) is 79.9 Å². The minimum atomic E-state index is 1.15. The van der Waals surface area contributed by atoms with Crippen LogP contribution in [0.15, 0.2) is 72.3 Å². The van der Waals surface area contributed by atoms with E-state index in [0.29, 0.717) is 0 Å². The summed E-state index contributed by atoms with van der Waals surface area (Å²) >= 11 is 0. The summed E-state index contributed by atoms with van der Waals surface area (Å²) in [6, 6.07) is 19.3. The van der Waals surface area contributed by atoms with Gasteiger partial charge in [0.2, 0.25) is 0 Å². The molecule has 1 N–H and O–H groups in total. The third-order valence-corrected chi connectivity index (χ3v) is 4.06. The van der Waals surface area contributed by atoms with Crippen LogP contribution >= 0.6 is 0 Å². The van der Waals surface area contributed by atoms with E-state index in [1.807, 2.05) is 0 Å². The summed E-state index contributed by atoms with van der Waals surface area (Å²) in [6.07, 6.45) is 8.03. The zero-order chi connectivity index (χ0) is 14.5. The van der Waals surface area contributed by atoms with E-state index in [4.69, 9.17) is 0 Å². The molecule has 1 aliphatic heterocycles. The maximum absolute atomic E-state index is 2.35. The highest BCUT2D eigenvalue weighted by Gasteiger charge is 2.07. The summed E-state index contributed by atoms with van der Waals surface area (Å²) in [5.74, 6) is 0. The molecule has 2 aromatic rings. The molecule has 1 heteroatoms. The third-order valence-electron chi connectivity index (χ3n) is 4.06. The summed E-state index contributed by atoms with van der Waals surface area (Å²) in [5, 5.41) is 0. The van der Waals surface area contributed by atoms with Gasteiger partial charge in [-0.3, -0.25) is 0 Å². The van der Waals surface area contributed by atoms with Gasteiger partial charge in [-0.15, -0.1) is 0 Å². The topological polar surface area (TPSA) is 4.44 Å². The Hall–Kier alpha value is -2.12. The van der Waals surface area contributed by atoms with Crippen LogP contribution in [0, 0.1) is 0 Å². The van der Waals surface area contributed by atoms with Crippen molar-refractivity contribution in [3.8, 4) is 11.1 Å². The van der Waals surface area contributed by atoms with Crippen LogP contribution in [-0.4, -0.2) is 20.1 Å². The van der Waals surface area contributed by atoms with Crippen molar-refractivity contribution in [1.29, 1.82) is 0 Å². The number of hydrogen-bond donors (Lipinski definition) is 1. The summed E-state index contributed by atoms with van der Waals surface area (Å²) in [7, 11) is 2.25. The molecule has 0 fully saturated rings. The van der Waals surface area contributed by atoms with Crippen LogP contribution in [0.1, 0.15) is 12.0 Å². The Labute approximate surface area is 127 Å². The van der Waals surface area contributed by atoms with Crippen molar-refractivity contribution < 1.29 is 4.90 Å². The minimum Gasteiger partial charge on any atom is -0.334 e. The van der Waals surface area contributed by atoms with Gasteiger partial charge in [0.25, 0.3) is 0 Å². The van der Waals surface area contributed by atoms with Crippen LogP contribution in [0.5, 0.6) is 0 Å². The first-order valence-electron chi connectivity index (χ1n) is 7.65. The number of benzene rings is 2. The molecule has 21 heavy (non-hydrogen) atoms. The van der Waals surface area contributed by atoms with E-state index in [0.717, 1.165) is 6.54 Å². The van der Waals surface area contributed by atoms with E-state index in [1.165, 1.54) is 35.2 Å². The molecule has 0 saturated carbocycles. The molecule has 106 valence electrons. The van der Waals surface area contributed by atoms with Crippen molar-refractivity contribution in [2.24, 2.45) is 0 Å². The van der Waals surface area contributed by atoms with Crippen molar-refractivity contribution >= 4 is 6.08 Å². The number of allylic oxidation sites excluding steroid dienone is 1. The molecule has 0 bridgehead atoms. The average Bonchev–Trinajstić information content (AvgIpc) is 2.56. The first-order valence-corrected chi connectivity index (χ1v) is 7.65. The molecule has 0 aromatic heterocycles. The van der Waals surface area contributed by atoms with Crippen LogP contribution in [0.3, 0.4) is 0 Å². The van der Waals surface area contributed by atoms with Crippen LogP contribution in [-0.2, 0) is 0 Å². The van der Waals surface area contributed by atoms with Crippen molar-refractivity contribution in [2.75, 3.05) is 20.1 Å². The molecule has 1 unspecified atom stereocenters. The number of nitrogens with one attached hydrogen (secondary N) is 1. The molecule has 1 nitrogen and oxygen atoms in total. The van der Waals surface area contributed by atoms with Crippen LogP contribution in [0.2, 0.25) is 0 Å². The molecule has 0 aliphatic carbocycles. The summed E-state index contributed by atoms with van der Waals surface area (Å²) in [6.45, 7) is 2.38. The molecule has 0 saturated heterocycles. The number of likely N-dealkylation sites (N-methyl/N-ethyl adjacent to an activating group) is 1. The molecule has 0 amide bonds. The molecular weight excluding hydrogens is 254 g/mol. The van der Waals surface area contributed by atoms with Gasteiger partial charge in [0.15, 0.2) is 0 Å². The second-order valence-electron chi connectivity index (χ2n) is 5.76. The zero-order valence-corrected chi connectivity index (χ0v) is 12.5. The van der Waals surface area contributed by atoms with Gasteiger partial charge >= 0.3 is 0 Å². The summed E-state index contributed by atoms with van der Waals surface area (Å²) in [5.41, 5.74) is 5.28. The predicted octanol–water partition coefficient (Wildman–Crippen LogP) is 3.21. The Kier molecular flexibility index (Phi) is 4.32. The fourth-order valence-corrected chi connectivity index (χ4v) is 2.64. The molecule has 1 heterocycles. The average molecular weight is 276 g/mol. The van der Waals surface area contributed by atoms with E-state index in [1.54, 1.807) is 4.90 Å². The van der Waals surface area contributed by atoms with E-state index in [-0.39, 0.29) is 0 Å². The SMILES string of the molecule is C[NH+]1CC=C(/C=C/c2ccc(-c3ccccc3)cc2)CC1. The van der Waals surface area contributed by atoms with Crippen molar-refractivity contribution in [3.05, 3.63) is 77.9 Å². The highest BCUT2D eigenvalue weighted by molar-refractivity contribution is 5.65. The lowest BCUT2D eigenvalue weighted by Crippen LogP contribution is -3.09. The van der Waals surface area contributed by atoms with Crippen molar-refractivity contribution in [1.82, 2.24) is 0 Å². The Morgan fingerprint density at radius 2 is 1.57 bits per heavy atom. The monoisotopic (exact) mass is 276 g/mol. The van der Waals surface area contributed by atoms with Crippen molar-refractivity contribution in [2.45, 2.75) is 6.42 Å². The maximum Gasteiger partial charge on any atom is 0.0961 e. The number of hydrogen-bond acceptors (Lipinski definition) is 0. The largest absolute Gasteiger partial charge is 0.334 e. The van der Waals surface area contributed by atoms with Gasteiger partial charge in [-0.2, -0.15) is 0 Å². The molecule has 1 atom stereocenters. The van der Waals surface area contributed by atoms with Gasteiger partial charge in [0.1, 0.15) is 0 Å². The first-order chi connectivity index (χ1) is 10.3. The Morgan fingerprint density at radius 1 is 0.857 bits per heavy atom. The summed E-state index contributed by atoms with van der Waals surface area (Å²) in [4.78, 5) is 1.60. The highest BCUT2D eigenvalue weighted by atomic mass is 15.1. The fraction of sp³-hybridized carbons (Fsp3) is 0.200. The molecular formula is C20H22N+. The highest BCUT2D eigenvalue weighted by Crippen LogP contribution is 2.20. The van der Waals surface area contributed by atoms with Gasteiger partial charge in [-0.1, -0.05) is 66.7 Å². The Morgan fingerprint density at radius 3 is 2.24 bits per heavy atom. The van der Waals surface area contributed by atoms with Gasteiger partial charge in [0.05, 0.1) is 20.1 Å². The van der Waals surface area contributed by atoms with Gasteiger partial charge in [0, 0.05) is 6.42 Å². The molecule has 0 spiro atoms. The molecule has 0 radical (unpaired) electrons. The lowest BCUT2D eigenvalue weighted by molar-refractivity contribution is -0.874. The van der Waals surface area contributed by atoms with Crippen molar-refractivity contribution in [3.63, 3.8) is 0 Å². The van der Waals surface area contributed by atoms with Gasteiger partial charge in [-0.25, -0.2) is 0 Å². The standard InChI is InChI=1S/C20H21N/c1-21-15-13-18(14-16-21)8-7-17-9-11-20(12-10-17)19-5-3-2-4-6-19/h2-13H,14-16H2,1H3/p+1/b8-7+. The molecule has 3 rings (SSSR count). The lowest BCUT2D eigenvalue weighted by Gasteiger charge is -2.17. The second-order valence-corrected chi connectivity index (χ2v) is 5.76. The normalized spacial score (nSPS) is 18.7. The first kappa shape index (κ1) is 13.8. The van der Waals surface area contributed by atoms with Crippen LogP contribution in [0.4, 0.5) is 0 Å². The van der Waals surface area contributed by atoms with E-state index in [9.17, 15) is 0 Å². The minimum absolute atomic E-state index is 1.15. The van der Waals surface area contributed by atoms with E-state index < -0.39 is 0 Å². The van der Waals surface area contributed by atoms with Gasteiger partial charge < -0.3 is 4.90 Å². The van der Waals surface area contributed by atoms with Gasteiger partial charge in [-0.05, 0) is 28.3 Å². The molecule has 2 aromatic carbocycles. The Bertz CT molecular complexity index is 635. The fourth-order valence-electron chi connectivity index (χ4n) is 2.64. The third kappa shape index (κ3) is 3.71. The number of rotatable bonds is 3. The van der Waals surface area contributed by atoms with E-state index >= 15 is 0 Å². The lowest BCUT2D eigenvalue weighted by atomic mass is 10.0. The number of quaternary nitrogens is 1. The quantitative estimate of drug-likeness (QED) is 0.878. The van der Waals surface area contributed by atoms with Crippen LogP contribution in [0.25, 0.3) is 17.2 Å². The second kappa shape index (κ2) is 6.55. The zero-order valence-electron chi connectivity index (χ0n) is 12.5. The van der Waals surface area contributed by atoms with Crippen LogP contribution < -0.4 is 4.90 Å². The predicted molar refractivity (Wildman–Crippen MR) is 90.2 cm³/mol. The molecule has 1 aliphatic rings. The Balaban J connectivity index is 1.70. The smallest absolute Gasteiger partial charge is 0.0961 e.